The molecule has 0 saturated heterocycles. The van der Waals surface area contributed by atoms with Gasteiger partial charge in [-0.25, -0.2) is 0 Å². The van der Waals surface area contributed by atoms with Crippen LogP contribution in [0.25, 0.3) is 11.1 Å². The second-order valence-corrected chi connectivity index (χ2v) is 8.50. The summed E-state index contributed by atoms with van der Waals surface area (Å²) in [6, 6.07) is 39.1. The van der Waals surface area contributed by atoms with E-state index in [2.05, 4.69) is 115 Å². The van der Waals surface area contributed by atoms with E-state index in [1.54, 1.807) is 0 Å². The van der Waals surface area contributed by atoms with Gasteiger partial charge in [0, 0.05) is 18.3 Å². The van der Waals surface area contributed by atoms with Gasteiger partial charge in [0.2, 0.25) is 0 Å². The van der Waals surface area contributed by atoms with Crippen LogP contribution in [0.5, 0.6) is 0 Å². The van der Waals surface area contributed by atoms with E-state index >= 15 is 0 Å². The molecule has 4 rings (SSSR count). The SMILES string of the molecule is CNc1ccccc1-c1ccccc1P(c1ccccc1)c1ccccc1. The Labute approximate surface area is 162 Å². The molecule has 27 heavy (non-hydrogen) atoms. The average molecular weight is 367 g/mol. The standard InChI is InChI=1S/C25H22NP/c1-26-24-18-10-8-16-22(24)23-17-9-11-19-25(23)27(20-12-4-2-5-13-20)21-14-6-3-7-15-21/h2-19,26H,1H3. The van der Waals surface area contributed by atoms with Gasteiger partial charge in [0.15, 0.2) is 0 Å². The Balaban J connectivity index is 1.95. The van der Waals surface area contributed by atoms with Gasteiger partial charge in [0.05, 0.1) is 0 Å². The zero-order valence-corrected chi connectivity index (χ0v) is 16.2. The van der Waals surface area contributed by atoms with Crippen molar-refractivity contribution in [2.24, 2.45) is 0 Å². The van der Waals surface area contributed by atoms with E-state index in [4.69, 9.17) is 0 Å². The largest absolute Gasteiger partial charge is 0.388 e. The molecule has 1 N–H and O–H groups in total. The van der Waals surface area contributed by atoms with Crippen LogP contribution in [-0.4, -0.2) is 7.05 Å². The number of benzene rings is 4. The molecule has 0 saturated carbocycles. The Bertz CT molecular complexity index is 973. The molecule has 2 heteroatoms. The Morgan fingerprint density at radius 1 is 0.519 bits per heavy atom. The maximum atomic E-state index is 3.35. The maximum Gasteiger partial charge on any atom is 0.0417 e. The fourth-order valence-electron chi connectivity index (χ4n) is 3.41. The number of anilines is 1. The van der Waals surface area contributed by atoms with Crippen molar-refractivity contribution in [1.29, 1.82) is 0 Å². The van der Waals surface area contributed by atoms with Gasteiger partial charge >= 0.3 is 0 Å². The fourth-order valence-corrected chi connectivity index (χ4v) is 5.88. The van der Waals surface area contributed by atoms with Gasteiger partial charge in [-0.2, -0.15) is 0 Å². The average Bonchev–Trinajstić information content (AvgIpc) is 2.76. The second kappa shape index (κ2) is 8.20. The number of nitrogens with one attached hydrogen (secondary N) is 1. The topological polar surface area (TPSA) is 12.0 Å². The molecular formula is C25H22NP. The highest BCUT2D eigenvalue weighted by Gasteiger charge is 2.20. The molecule has 0 aliphatic heterocycles. The minimum atomic E-state index is -0.636. The minimum absolute atomic E-state index is 0.636. The molecule has 132 valence electrons. The highest BCUT2D eigenvalue weighted by molar-refractivity contribution is 7.80. The molecule has 1 nitrogen and oxygen atoms in total. The van der Waals surface area contributed by atoms with Gasteiger partial charge in [-0.15, -0.1) is 0 Å². The van der Waals surface area contributed by atoms with E-state index in [1.807, 2.05) is 7.05 Å². The van der Waals surface area contributed by atoms with Crippen LogP contribution in [0, 0.1) is 0 Å². The normalized spacial score (nSPS) is 10.7. The molecule has 0 unspecified atom stereocenters. The molecule has 4 aromatic rings. The van der Waals surface area contributed by atoms with Gasteiger partial charge in [0.25, 0.3) is 0 Å². The Morgan fingerprint density at radius 3 is 1.59 bits per heavy atom. The van der Waals surface area contributed by atoms with Crippen molar-refractivity contribution in [1.82, 2.24) is 0 Å². The minimum Gasteiger partial charge on any atom is -0.388 e. The van der Waals surface area contributed by atoms with Crippen molar-refractivity contribution in [3.63, 3.8) is 0 Å². The van der Waals surface area contributed by atoms with Crippen LogP contribution in [-0.2, 0) is 0 Å². The molecular weight excluding hydrogens is 345 g/mol. The molecule has 0 amide bonds. The lowest BCUT2D eigenvalue weighted by molar-refractivity contribution is 1.51. The third-order valence-electron chi connectivity index (χ3n) is 4.66. The summed E-state index contributed by atoms with van der Waals surface area (Å²) in [6.45, 7) is 0. The number of rotatable bonds is 5. The predicted molar refractivity (Wildman–Crippen MR) is 120 cm³/mol. The van der Waals surface area contributed by atoms with Crippen LogP contribution < -0.4 is 21.2 Å². The van der Waals surface area contributed by atoms with E-state index in [0.29, 0.717) is 0 Å². The number of hydrogen-bond acceptors (Lipinski definition) is 1. The first-order valence-corrected chi connectivity index (χ1v) is 10.5. The molecule has 0 fully saturated rings. The van der Waals surface area contributed by atoms with Crippen molar-refractivity contribution in [3.8, 4) is 11.1 Å². The third-order valence-corrected chi connectivity index (χ3v) is 7.16. The summed E-state index contributed by atoms with van der Waals surface area (Å²) in [6.07, 6.45) is 0. The van der Waals surface area contributed by atoms with Crippen molar-refractivity contribution >= 4 is 29.5 Å². The van der Waals surface area contributed by atoms with E-state index in [0.717, 1.165) is 5.69 Å². The first-order valence-electron chi connectivity index (χ1n) is 9.15. The molecule has 0 aliphatic rings. The molecule has 0 atom stereocenters. The van der Waals surface area contributed by atoms with Gasteiger partial charge < -0.3 is 5.32 Å². The van der Waals surface area contributed by atoms with E-state index in [9.17, 15) is 0 Å². The smallest absolute Gasteiger partial charge is 0.0417 e. The summed E-state index contributed by atoms with van der Waals surface area (Å²) >= 11 is 0. The predicted octanol–water partition coefficient (Wildman–Crippen LogP) is 5.15. The van der Waals surface area contributed by atoms with E-state index in [-0.39, 0.29) is 0 Å². The summed E-state index contributed by atoms with van der Waals surface area (Å²) in [4.78, 5) is 0. The third kappa shape index (κ3) is 3.65. The molecule has 0 radical (unpaired) electrons. The van der Waals surface area contributed by atoms with Gasteiger partial charge in [-0.3, -0.25) is 0 Å². The lowest BCUT2D eigenvalue weighted by atomic mass is 10.0. The van der Waals surface area contributed by atoms with Crippen LogP contribution in [0.15, 0.2) is 109 Å². The summed E-state index contributed by atoms with van der Waals surface area (Å²) < 4.78 is 0. The van der Waals surface area contributed by atoms with Crippen molar-refractivity contribution in [3.05, 3.63) is 109 Å². The van der Waals surface area contributed by atoms with Crippen LogP contribution in [0.2, 0.25) is 0 Å². The van der Waals surface area contributed by atoms with Gasteiger partial charge in [-0.1, -0.05) is 103 Å². The van der Waals surface area contributed by atoms with Crippen LogP contribution in [0.1, 0.15) is 0 Å². The van der Waals surface area contributed by atoms with E-state index in [1.165, 1.54) is 27.0 Å². The molecule has 0 aliphatic carbocycles. The monoisotopic (exact) mass is 367 g/mol. The Hall–Kier alpha value is -2.89. The van der Waals surface area contributed by atoms with E-state index < -0.39 is 7.92 Å². The lowest BCUT2D eigenvalue weighted by Crippen LogP contribution is -2.22. The molecule has 0 bridgehead atoms. The molecule has 0 aromatic heterocycles. The van der Waals surface area contributed by atoms with Gasteiger partial charge in [0.1, 0.15) is 0 Å². The second-order valence-electron chi connectivity index (χ2n) is 6.32. The highest BCUT2D eigenvalue weighted by atomic mass is 31.1. The molecule has 0 heterocycles. The quantitative estimate of drug-likeness (QED) is 0.481. The highest BCUT2D eigenvalue weighted by Crippen LogP contribution is 2.38. The first kappa shape index (κ1) is 17.5. The first-order chi connectivity index (χ1) is 13.4. The van der Waals surface area contributed by atoms with Crippen LogP contribution >= 0.6 is 7.92 Å². The van der Waals surface area contributed by atoms with Crippen molar-refractivity contribution in [2.75, 3.05) is 12.4 Å². The zero-order chi connectivity index (χ0) is 18.5. The summed E-state index contributed by atoms with van der Waals surface area (Å²) in [5, 5.41) is 7.47. The molecule has 4 aromatic carbocycles. The number of hydrogen-bond donors (Lipinski definition) is 1. The Morgan fingerprint density at radius 2 is 1.00 bits per heavy atom. The number of para-hydroxylation sites is 1. The lowest BCUT2D eigenvalue weighted by Gasteiger charge is -2.23. The van der Waals surface area contributed by atoms with Crippen LogP contribution in [0.3, 0.4) is 0 Å². The van der Waals surface area contributed by atoms with Crippen molar-refractivity contribution < 1.29 is 0 Å². The van der Waals surface area contributed by atoms with Gasteiger partial charge in [-0.05, 0) is 35.5 Å². The summed E-state index contributed by atoms with van der Waals surface area (Å²) in [5.41, 5.74) is 3.69. The Kier molecular flexibility index (Phi) is 5.32. The fraction of sp³-hybridized carbons (Fsp3) is 0.0400. The van der Waals surface area contributed by atoms with Crippen molar-refractivity contribution in [2.45, 2.75) is 0 Å². The molecule has 0 spiro atoms. The maximum absolute atomic E-state index is 3.35. The zero-order valence-electron chi connectivity index (χ0n) is 15.3. The summed E-state index contributed by atoms with van der Waals surface area (Å²) in [7, 11) is 1.35. The van der Waals surface area contributed by atoms with Crippen LogP contribution in [0.4, 0.5) is 5.69 Å². The summed E-state index contributed by atoms with van der Waals surface area (Å²) in [5.74, 6) is 0.